The van der Waals surface area contributed by atoms with Crippen LogP contribution in [0, 0.1) is 6.92 Å². The van der Waals surface area contributed by atoms with Crippen molar-refractivity contribution >= 4 is 62.5 Å². The summed E-state index contributed by atoms with van der Waals surface area (Å²) in [6, 6.07) is 12.7. The topological polar surface area (TPSA) is 88.9 Å². The Morgan fingerprint density at radius 3 is 2.69 bits per heavy atom. The van der Waals surface area contributed by atoms with Crippen molar-refractivity contribution in [2.45, 2.75) is 25.0 Å². The second-order valence-electron chi connectivity index (χ2n) is 6.80. The summed E-state index contributed by atoms with van der Waals surface area (Å²) in [6.07, 6.45) is 1.75. The zero-order valence-electron chi connectivity index (χ0n) is 17.3. The van der Waals surface area contributed by atoms with Crippen LogP contribution in [0.3, 0.4) is 0 Å². The predicted octanol–water partition coefficient (Wildman–Crippen LogP) is 5.10. The summed E-state index contributed by atoms with van der Waals surface area (Å²) in [5.41, 5.74) is 2.33. The van der Waals surface area contributed by atoms with E-state index >= 15 is 0 Å². The molecular weight excluding hydrogens is 514 g/mol. The number of rotatable bonds is 9. The highest BCUT2D eigenvalue weighted by Gasteiger charge is 2.17. The van der Waals surface area contributed by atoms with E-state index in [4.69, 9.17) is 11.6 Å². The van der Waals surface area contributed by atoms with E-state index in [1.165, 1.54) is 11.8 Å². The number of halogens is 2. The first-order valence-corrected chi connectivity index (χ1v) is 11.8. The van der Waals surface area contributed by atoms with Crippen LogP contribution in [-0.4, -0.2) is 32.3 Å². The molecule has 0 spiro atoms. The van der Waals surface area contributed by atoms with Gasteiger partial charge in [0.15, 0.2) is 5.16 Å². The van der Waals surface area contributed by atoms with E-state index in [9.17, 15) is 9.59 Å². The minimum absolute atomic E-state index is 0.0549. The van der Waals surface area contributed by atoms with Gasteiger partial charge in [-0.15, -0.1) is 16.8 Å². The third kappa shape index (κ3) is 6.44. The minimum atomic E-state index is -0.208. The summed E-state index contributed by atoms with van der Waals surface area (Å²) in [6.45, 7) is 6.11. The van der Waals surface area contributed by atoms with Crippen molar-refractivity contribution in [2.24, 2.45) is 0 Å². The lowest BCUT2D eigenvalue weighted by Gasteiger charge is -2.10. The van der Waals surface area contributed by atoms with E-state index in [-0.39, 0.29) is 24.0 Å². The Balaban J connectivity index is 1.62. The molecule has 32 heavy (non-hydrogen) atoms. The van der Waals surface area contributed by atoms with Crippen LogP contribution in [0.4, 0.5) is 11.4 Å². The van der Waals surface area contributed by atoms with Crippen molar-refractivity contribution in [1.82, 2.24) is 14.8 Å². The van der Waals surface area contributed by atoms with Crippen LogP contribution >= 0.6 is 39.3 Å². The molecule has 2 N–H and O–H groups in total. The highest BCUT2D eigenvalue weighted by molar-refractivity contribution is 9.10. The Labute approximate surface area is 203 Å². The lowest BCUT2D eigenvalue weighted by atomic mass is 10.2. The molecule has 0 atom stereocenters. The number of para-hydroxylation sites is 1. The number of nitrogens with one attached hydrogen (secondary N) is 2. The molecule has 0 radical (unpaired) electrons. The molecule has 0 aliphatic carbocycles. The summed E-state index contributed by atoms with van der Waals surface area (Å²) in [5, 5.41) is 15.0. The Kier molecular flexibility index (Phi) is 8.49. The monoisotopic (exact) mass is 533 g/mol. The van der Waals surface area contributed by atoms with Gasteiger partial charge in [-0.05, 0) is 52.7 Å². The van der Waals surface area contributed by atoms with Crippen LogP contribution in [0.1, 0.15) is 11.4 Å². The summed E-state index contributed by atoms with van der Waals surface area (Å²) < 4.78 is 2.53. The standard InChI is InChI=1S/C22H21BrClN5O2S/c1-3-10-29-19(12-20(30)26-18-7-5-4-6-14(18)2)27-28-22(29)32-13-21(31)25-15-8-9-16(23)17(24)11-15/h3-9,11H,1,10,12-13H2,2H3,(H,25,31)(H,26,30). The van der Waals surface area contributed by atoms with Crippen LogP contribution in [0.15, 0.2) is 64.7 Å². The Morgan fingerprint density at radius 1 is 1.19 bits per heavy atom. The lowest BCUT2D eigenvalue weighted by Crippen LogP contribution is -2.18. The number of hydrogen-bond donors (Lipinski definition) is 2. The molecule has 0 unspecified atom stereocenters. The first-order chi connectivity index (χ1) is 15.4. The molecule has 0 aliphatic heterocycles. The number of carbonyl (C=O) groups excluding carboxylic acids is 2. The molecule has 166 valence electrons. The van der Waals surface area contributed by atoms with Gasteiger partial charge in [0.2, 0.25) is 11.8 Å². The number of allylic oxidation sites excluding steroid dienone is 1. The number of aryl methyl sites for hydroxylation is 1. The largest absolute Gasteiger partial charge is 0.325 e. The highest BCUT2D eigenvalue weighted by atomic mass is 79.9. The second kappa shape index (κ2) is 11.3. The van der Waals surface area contributed by atoms with Gasteiger partial charge in [-0.25, -0.2) is 0 Å². The molecule has 1 heterocycles. The van der Waals surface area contributed by atoms with Gasteiger partial charge < -0.3 is 15.2 Å². The highest BCUT2D eigenvalue weighted by Crippen LogP contribution is 2.26. The Bertz CT molecular complexity index is 1150. The zero-order chi connectivity index (χ0) is 23.1. The van der Waals surface area contributed by atoms with Crippen molar-refractivity contribution in [2.75, 3.05) is 16.4 Å². The number of anilines is 2. The van der Waals surface area contributed by atoms with E-state index in [0.717, 1.165) is 15.7 Å². The summed E-state index contributed by atoms with van der Waals surface area (Å²) in [4.78, 5) is 24.9. The first-order valence-electron chi connectivity index (χ1n) is 9.63. The second-order valence-corrected chi connectivity index (χ2v) is 9.01. The number of benzene rings is 2. The number of nitrogens with zero attached hydrogens (tertiary/aromatic N) is 3. The van der Waals surface area contributed by atoms with Crippen LogP contribution in [-0.2, 0) is 22.6 Å². The van der Waals surface area contributed by atoms with Crippen LogP contribution < -0.4 is 10.6 Å². The van der Waals surface area contributed by atoms with Gasteiger partial charge >= 0.3 is 0 Å². The van der Waals surface area contributed by atoms with Crippen LogP contribution in [0.2, 0.25) is 5.02 Å². The van der Waals surface area contributed by atoms with Crippen molar-refractivity contribution < 1.29 is 9.59 Å². The number of carbonyl (C=O) groups is 2. The number of amides is 2. The van der Waals surface area contributed by atoms with E-state index in [1.54, 1.807) is 28.8 Å². The normalized spacial score (nSPS) is 10.6. The van der Waals surface area contributed by atoms with Gasteiger partial charge in [-0.3, -0.25) is 9.59 Å². The third-order valence-electron chi connectivity index (χ3n) is 4.38. The van der Waals surface area contributed by atoms with Crippen LogP contribution in [0.5, 0.6) is 0 Å². The SMILES string of the molecule is C=CCn1c(CC(=O)Nc2ccccc2C)nnc1SCC(=O)Nc1ccc(Br)c(Cl)c1. The summed E-state index contributed by atoms with van der Waals surface area (Å²) in [5.74, 6) is 0.218. The molecule has 2 aromatic carbocycles. The zero-order valence-corrected chi connectivity index (χ0v) is 20.4. The van der Waals surface area contributed by atoms with Crippen molar-refractivity contribution in [3.05, 3.63) is 76.0 Å². The van der Waals surface area contributed by atoms with Crippen molar-refractivity contribution in [3.8, 4) is 0 Å². The molecule has 0 saturated heterocycles. The molecule has 0 bridgehead atoms. The maximum Gasteiger partial charge on any atom is 0.234 e. The van der Waals surface area contributed by atoms with E-state index < -0.39 is 0 Å². The Morgan fingerprint density at radius 2 is 1.97 bits per heavy atom. The van der Waals surface area contributed by atoms with Gasteiger partial charge in [-0.2, -0.15) is 0 Å². The molecule has 0 fully saturated rings. The molecule has 3 aromatic rings. The van der Waals surface area contributed by atoms with Gasteiger partial charge in [0.05, 0.1) is 17.2 Å². The summed E-state index contributed by atoms with van der Waals surface area (Å²) >= 11 is 10.6. The average Bonchev–Trinajstić information content (AvgIpc) is 3.12. The van der Waals surface area contributed by atoms with Gasteiger partial charge in [-0.1, -0.05) is 47.6 Å². The van der Waals surface area contributed by atoms with Crippen molar-refractivity contribution in [3.63, 3.8) is 0 Å². The summed E-state index contributed by atoms with van der Waals surface area (Å²) in [7, 11) is 0. The maximum absolute atomic E-state index is 12.5. The number of thioether (sulfide) groups is 1. The van der Waals surface area contributed by atoms with E-state index in [0.29, 0.717) is 28.2 Å². The Hall–Kier alpha value is -2.62. The van der Waals surface area contributed by atoms with Crippen LogP contribution in [0.25, 0.3) is 0 Å². The molecule has 10 heteroatoms. The van der Waals surface area contributed by atoms with E-state index in [1.807, 2.05) is 31.2 Å². The van der Waals surface area contributed by atoms with Gasteiger partial charge in [0.1, 0.15) is 5.82 Å². The number of aromatic nitrogens is 3. The minimum Gasteiger partial charge on any atom is -0.325 e. The fourth-order valence-corrected chi connectivity index (χ4v) is 4.02. The number of hydrogen-bond acceptors (Lipinski definition) is 5. The molecule has 7 nitrogen and oxygen atoms in total. The fraction of sp³-hybridized carbons (Fsp3) is 0.182. The maximum atomic E-state index is 12.5. The molecule has 2 amide bonds. The molecule has 1 aromatic heterocycles. The molecule has 0 aliphatic rings. The fourth-order valence-electron chi connectivity index (χ4n) is 2.82. The first kappa shape index (κ1) is 24.0. The molecule has 3 rings (SSSR count). The van der Waals surface area contributed by atoms with Gasteiger partial charge in [0.25, 0.3) is 0 Å². The predicted molar refractivity (Wildman–Crippen MR) is 132 cm³/mol. The van der Waals surface area contributed by atoms with E-state index in [2.05, 4.69) is 43.3 Å². The average molecular weight is 535 g/mol. The van der Waals surface area contributed by atoms with Crippen molar-refractivity contribution in [1.29, 1.82) is 0 Å². The van der Waals surface area contributed by atoms with Gasteiger partial charge in [0, 0.05) is 22.4 Å². The quantitative estimate of drug-likeness (QED) is 0.294. The smallest absolute Gasteiger partial charge is 0.234 e. The molecular formula is C22H21BrClN5O2S. The third-order valence-corrected chi connectivity index (χ3v) is 6.58. The lowest BCUT2D eigenvalue weighted by molar-refractivity contribution is -0.116. The molecule has 0 saturated carbocycles.